The third kappa shape index (κ3) is 1.30. The summed E-state index contributed by atoms with van der Waals surface area (Å²) < 4.78 is 0.948. The summed E-state index contributed by atoms with van der Waals surface area (Å²) in [6.45, 7) is 0. The number of allylic oxidation sites excluding steroid dienone is 2. The zero-order chi connectivity index (χ0) is 14.4. The number of benzene rings is 1. The van der Waals surface area contributed by atoms with E-state index in [1.807, 2.05) is 24.3 Å². The zero-order valence-electron chi connectivity index (χ0n) is 11.3. The molecular weight excluding hydrogens is 330 g/mol. The standard InChI is InChI=1S/C17H14BrNO2/c18-9-1-3-10(4-2-9)19-15(20)13-11-5-6-12(14(13)16(19)21)17(11)7-8-17/h1-6,11-14H,7-8H2/t11-,12+,13+,14-. The monoisotopic (exact) mass is 343 g/mol. The predicted octanol–water partition coefficient (Wildman–Crippen LogP) is 3.15. The Hall–Kier alpha value is -1.42. The molecule has 0 N–H and O–H groups in total. The van der Waals surface area contributed by atoms with Crippen LogP contribution in [-0.4, -0.2) is 11.8 Å². The van der Waals surface area contributed by atoms with Crippen molar-refractivity contribution in [3.63, 3.8) is 0 Å². The van der Waals surface area contributed by atoms with Crippen molar-refractivity contribution in [1.29, 1.82) is 0 Å². The molecule has 106 valence electrons. The van der Waals surface area contributed by atoms with Gasteiger partial charge in [-0.1, -0.05) is 28.1 Å². The molecule has 3 aliphatic carbocycles. The van der Waals surface area contributed by atoms with Gasteiger partial charge in [0.25, 0.3) is 0 Å². The number of nitrogens with zero attached hydrogens (tertiary/aromatic N) is 1. The number of fused-ring (bicyclic) bond motifs is 3. The summed E-state index contributed by atoms with van der Waals surface area (Å²) in [5.41, 5.74) is 0.971. The first-order valence-electron chi connectivity index (χ1n) is 7.45. The minimum atomic E-state index is -0.112. The van der Waals surface area contributed by atoms with Gasteiger partial charge in [-0.2, -0.15) is 0 Å². The van der Waals surface area contributed by atoms with Gasteiger partial charge in [0, 0.05) is 4.47 Å². The Morgan fingerprint density at radius 2 is 1.48 bits per heavy atom. The number of carbonyl (C=O) groups excluding carboxylic acids is 2. The molecule has 4 heteroatoms. The average molecular weight is 344 g/mol. The molecule has 1 heterocycles. The first-order valence-corrected chi connectivity index (χ1v) is 8.24. The van der Waals surface area contributed by atoms with Crippen LogP contribution in [0.4, 0.5) is 5.69 Å². The second kappa shape index (κ2) is 3.67. The molecule has 2 saturated carbocycles. The van der Waals surface area contributed by atoms with Crippen LogP contribution in [0.3, 0.4) is 0 Å². The maximum Gasteiger partial charge on any atom is 0.238 e. The number of carbonyl (C=O) groups is 2. The van der Waals surface area contributed by atoms with Crippen LogP contribution < -0.4 is 4.90 Å². The summed E-state index contributed by atoms with van der Waals surface area (Å²) in [5.74, 6) is 0.386. The molecule has 0 aromatic heterocycles. The molecule has 1 aliphatic heterocycles. The van der Waals surface area contributed by atoms with E-state index in [0.717, 1.165) is 4.47 Å². The molecule has 21 heavy (non-hydrogen) atoms. The van der Waals surface area contributed by atoms with E-state index in [1.54, 1.807) is 0 Å². The van der Waals surface area contributed by atoms with Gasteiger partial charge < -0.3 is 0 Å². The second-order valence-corrected chi connectivity index (χ2v) is 7.63. The van der Waals surface area contributed by atoms with Gasteiger partial charge in [-0.25, -0.2) is 0 Å². The van der Waals surface area contributed by atoms with Crippen LogP contribution in [0, 0.1) is 29.1 Å². The summed E-state index contributed by atoms with van der Waals surface area (Å²) in [7, 11) is 0. The van der Waals surface area contributed by atoms with Gasteiger partial charge in [0.05, 0.1) is 17.5 Å². The normalized spacial score (nSPS) is 37.7. The number of halogens is 1. The number of hydrogen-bond acceptors (Lipinski definition) is 2. The van der Waals surface area contributed by atoms with E-state index in [4.69, 9.17) is 0 Å². The Labute approximate surface area is 131 Å². The highest BCUT2D eigenvalue weighted by molar-refractivity contribution is 9.10. The molecule has 4 atom stereocenters. The molecule has 2 amide bonds. The molecule has 0 unspecified atom stereocenters. The Morgan fingerprint density at radius 1 is 0.952 bits per heavy atom. The van der Waals surface area contributed by atoms with Crippen molar-refractivity contribution in [2.24, 2.45) is 29.1 Å². The maximum atomic E-state index is 12.8. The third-order valence-corrected chi connectivity index (χ3v) is 6.47. The van der Waals surface area contributed by atoms with E-state index in [-0.39, 0.29) is 29.1 Å². The SMILES string of the molecule is O=C1[C@@H]2[C@H](C(=O)N1c1ccc(Br)cc1)[C@@H]1C=C[C@H]2C12CC2. The fraction of sp³-hybridized carbons (Fsp3) is 0.412. The molecule has 3 nitrogen and oxygen atoms in total. The lowest BCUT2D eigenvalue weighted by atomic mass is 9.85. The lowest BCUT2D eigenvalue weighted by Gasteiger charge is -2.21. The van der Waals surface area contributed by atoms with Crippen molar-refractivity contribution >= 4 is 33.4 Å². The van der Waals surface area contributed by atoms with Gasteiger partial charge in [-0.15, -0.1) is 0 Å². The number of amides is 2. The van der Waals surface area contributed by atoms with Crippen LogP contribution in [0.15, 0.2) is 40.9 Å². The third-order valence-electron chi connectivity index (χ3n) is 5.94. The van der Waals surface area contributed by atoms with E-state index in [2.05, 4.69) is 28.1 Å². The molecule has 1 saturated heterocycles. The average Bonchev–Trinajstić information content (AvgIpc) is 3.07. The van der Waals surface area contributed by atoms with E-state index in [1.165, 1.54) is 17.7 Å². The van der Waals surface area contributed by atoms with Gasteiger partial charge in [0.15, 0.2) is 0 Å². The van der Waals surface area contributed by atoms with Crippen LogP contribution in [0.5, 0.6) is 0 Å². The van der Waals surface area contributed by atoms with Gasteiger partial charge in [0.1, 0.15) is 0 Å². The van der Waals surface area contributed by atoms with E-state index in [9.17, 15) is 9.59 Å². The Kier molecular flexibility index (Phi) is 2.12. The van der Waals surface area contributed by atoms with Gasteiger partial charge in [-0.3, -0.25) is 14.5 Å². The number of rotatable bonds is 1. The highest BCUT2D eigenvalue weighted by Gasteiger charge is 2.73. The van der Waals surface area contributed by atoms with Crippen molar-refractivity contribution in [3.8, 4) is 0 Å². The molecule has 1 spiro atoms. The predicted molar refractivity (Wildman–Crippen MR) is 81.4 cm³/mol. The van der Waals surface area contributed by atoms with Crippen molar-refractivity contribution in [3.05, 3.63) is 40.9 Å². The Morgan fingerprint density at radius 3 is 1.95 bits per heavy atom. The highest BCUT2D eigenvalue weighted by atomic mass is 79.9. The van der Waals surface area contributed by atoms with Crippen molar-refractivity contribution in [2.45, 2.75) is 12.8 Å². The molecule has 0 radical (unpaired) electrons. The van der Waals surface area contributed by atoms with E-state index in [0.29, 0.717) is 17.5 Å². The molecule has 5 rings (SSSR count). The van der Waals surface area contributed by atoms with Crippen molar-refractivity contribution in [1.82, 2.24) is 0 Å². The molecule has 2 bridgehead atoms. The second-order valence-electron chi connectivity index (χ2n) is 6.71. The maximum absolute atomic E-state index is 12.8. The number of imide groups is 1. The fourth-order valence-corrected chi connectivity index (χ4v) is 5.19. The quantitative estimate of drug-likeness (QED) is 0.580. The minimum Gasteiger partial charge on any atom is -0.274 e. The van der Waals surface area contributed by atoms with Crippen molar-refractivity contribution in [2.75, 3.05) is 4.90 Å². The number of hydrogen-bond donors (Lipinski definition) is 0. The first-order chi connectivity index (χ1) is 10.1. The molecule has 1 aromatic carbocycles. The summed E-state index contributed by atoms with van der Waals surface area (Å²) in [4.78, 5) is 27.1. The van der Waals surface area contributed by atoms with Crippen LogP contribution in [0.1, 0.15) is 12.8 Å². The first kappa shape index (κ1) is 12.2. The highest BCUT2D eigenvalue weighted by Crippen LogP contribution is 2.73. The Balaban J connectivity index is 1.57. The van der Waals surface area contributed by atoms with Crippen LogP contribution in [0.2, 0.25) is 0 Å². The lowest BCUT2D eigenvalue weighted by molar-refractivity contribution is -0.123. The van der Waals surface area contributed by atoms with Crippen LogP contribution in [-0.2, 0) is 9.59 Å². The van der Waals surface area contributed by atoms with E-state index < -0.39 is 0 Å². The molecule has 1 aromatic rings. The summed E-state index contributed by atoms with van der Waals surface area (Å²) in [6.07, 6.45) is 6.77. The minimum absolute atomic E-state index is 0.00967. The summed E-state index contributed by atoms with van der Waals surface area (Å²) >= 11 is 3.39. The van der Waals surface area contributed by atoms with Crippen LogP contribution in [0.25, 0.3) is 0 Å². The molecule has 3 fully saturated rings. The lowest BCUT2D eigenvalue weighted by Crippen LogP contribution is -2.34. The largest absolute Gasteiger partial charge is 0.274 e. The smallest absolute Gasteiger partial charge is 0.238 e. The van der Waals surface area contributed by atoms with Gasteiger partial charge >= 0.3 is 0 Å². The molecular formula is C17H14BrNO2. The van der Waals surface area contributed by atoms with Crippen LogP contribution >= 0.6 is 15.9 Å². The van der Waals surface area contributed by atoms with Crippen molar-refractivity contribution < 1.29 is 9.59 Å². The summed E-state index contributed by atoms with van der Waals surface area (Å²) in [6, 6.07) is 7.42. The molecule has 4 aliphatic rings. The Bertz CT molecular complexity index is 670. The van der Waals surface area contributed by atoms with Gasteiger partial charge in [0.2, 0.25) is 11.8 Å². The van der Waals surface area contributed by atoms with E-state index >= 15 is 0 Å². The number of anilines is 1. The summed E-state index contributed by atoms with van der Waals surface area (Å²) in [5, 5.41) is 0. The zero-order valence-corrected chi connectivity index (χ0v) is 12.9. The fourth-order valence-electron chi connectivity index (χ4n) is 4.92. The van der Waals surface area contributed by atoms with Gasteiger partial charge in [-0.05, 0) is 54.4 Å². The topological polar surface area (TPSA) is 37.4 Å².